The molecule has 0 atom stereocenters. The number of hydrogen-bond acceptors (Lipinski definition) is 0. The molecular weight excluding hydrogens is 316 g/mol. The second-order valence-electron chi connectivity index (χ2n) is 6.58. The van der Waals surface area contributed by atoms with E-state index in [1.54, 1.807) is 0 Å². The Bertz CT molecular complexity index is 956. The fraction of sp³-hybridized carbons (Fsp3) is 0.0800. The SMILES string of the molecule is Cc1ccc(-c2cc(-c3ccccc3)c(C)c(-c3ccccc3)[o+]2)cc1. The van der Waals surface area contributed by atoms with Crippen LogP contribution in [0.2, 0.25) is 0 Å². The Labute approximate surface area is 154 Å². The molecule has 0 spiro atoms. The molecule has 3 aromatic carbocycles. The van der Waals surface area contributed by atoms with Crippen LogP contribution in [0.1, 0.15) is 11.1 Å². The first kappa shape index (κ1) is 16.3. The predicted octanol–water partition coefficient (Wildman–Crippen LogP) is 7.18. The number of aryl methyl sites for hydroxylation is 1. The van der Waals surface area contributed by atoms with Crippen LogP contribution >= 0.6 is 0 Å². The van der Waals surface area contributed by atoms with Crippen LogP contribution < -0.4 is 0 Å². The maximum atomic E-state index is 6.38. The van der Waals surface area contributed by atoms with Crippen molar-refractivity contribution in [1.29, 1.82) is 0 Å². The summed E-state index contributed by atoms with van der Waals surface area (Å²) in [5, 5.41) is 0. The van der Waals surface area contributed by atoms with Crippen molar-refractivity contribution < 1.29 is 4.42 Å². The van der Waals surface area contributed by atoms with Gasteiger partial charge in [0, 0.05) is 5.56 Å². The van der Waals surface area contributed by atoms with Crippen LogP contribution in [0.25, 0.3) is 33.8 Å². The Balaban J connectivity index is 1.97. The van der Waals surface area contributed by atoms with Crippen molar-refractivity contribution in [3.05, 3.63) is 102 Å². The van der Waals surface area contributed by atoms with Gasteiger partial charge >= 0.3 is 11.5 Å². The summed E-state index contributed by atoms with van der Waals surface area (Å²) in [5.41, 5.74) is 6.98. The van der Waals surface area contributed by atoms with E-state index in [9.17, 15) is 0 Å². The van der Waals surface area contributed by atoms with Crippen molar-refractivity contribution in [1.82, 2.24) is 0 Å². The molecular formula is C25H21O+. The Morgan fingerprint density at radius 2 is 1.15 bits per heavy atom. The summed E-state index contributed by atoms with van der Waals surface area (Å²) < 4.78 is 6.38. The zero-order valence-electron chi connectivity index (χ0n) is 15.1. The molecule has 0 radical (unpaired) electrons. The summed E-state index contributed by atoms with van der Waals surface area (Å²) >= 11 is 0. The predicted molar refractivity (Wildman–Crippen MR) is 109 cm³/mol. The average Bonchev–Trinajstić information content (AvgIpc) is 2.70. The number of rotatable bonds is 3. The summed E-state index contributed by atoms with van der Waals surface area (Å²) in [6, 6.07) is 31.4. The molecule has 0 unspecified atom stereocenters. The lowest BCUT2D eigenvalue weighted by Crippen LogP contribution is -1.91. The molecule has 4 aromatic rings. The van der Waals surface area contributed by atoms with Gasteiger partial charge in [-0.2, -0.15) is 0 Å². The van der Waals surface area contributed by atoms with Crippen LogP contribution in [0.4, 0.5) is 0 Å². The van der Waals surface area contributed by atoms with E-state index in [0.29, 0.717) is 0 Å². The summed E-state index contributed by atoms with van der Waals surface area (Å²) in [6.07, 6.45) is 0. The van der Waals surface area contributed by atoms with E-state index in [1.807, 2.05) is 24.3 Å². The van der Waals surface area contributed by atoms with Gasteiger partial charge in [0.1, 0.15) is 0 Å². The van der Waals surface area contributed by atoms with E-state index in [4.69, 9.17) is 4.42 Å². The Hall–Kier alpha value is -3.19. The Kier molecular flexibility index (Phi) is 4.37. The van der Waals surface area contributed by atoms with E-state index >= 15 is 0 Å². The zero-order valence-corrected chi connectivity index (χ0v) is 15.1. The molecule has 0 fully saturated rings. The molecule has 1 aromatic heterocycles. The second kappa shape index (κ2) is 6.97. The molecule has 0 N–H and O–H groups in total. The fourth-order valence-corrected chi connectivity index (χ4v) is 3.22. The van der Waals surface area contributed by atoms with E-state index in [-0.39, 0.29) is 0 Å². The van der Waals surface area contributed by atoms with Gasteiger partial charge in [0.15, 0.2) is 0 Å². The molecule has 0 saturated heterocycles. The summed E-state index contributed by atoms with van der Waals surface area (Å²) in [7, 11) is 0. The van der Waals surface area contributed by atoms with Crippen LogP contribution in [0.15, 0.2) is 95.4 Å². The smallest absolute Gasteiger partial charge is 0.206 e. The van der Waals surface area contributed by atoms with Gasteiger partial charge in [-0.25, -0.2) is 4.42 Å². The normalized spacial score (nSPS) is 10.7. The van der Waals surface area contributed by atoms with Crippen molar-refractivity contribution in [2.45, 2.75) is 13.8 Å². The largest absolute Gasteiger partial charge is 0.364 e. The van der Waals surface area contributed by atoms with E-state index in [1.165, 1.54) is 16.7 Å². The van der Waals surface area contributed by atoms with Gasteiger partial charge in [0.05, 0.1) is 22.8 Å². The van der Waals surface area contributed by atoms with E-state index in [2.05, 4.69) is 80.6 Å². The first-order valence-corrected chi connectivity index (χ1v) is 8.88. The molecule has 126 valence electrons. The van der Waals surface area contributed by atoms with Gasteiger partial charge < -0.3 is 0 Å². The lowest BCUT2D eigenvalue weighted by atomic mass is 9.96. The summed E-state index contributed by atoms with van der Waals surface area (Å²) in [5.74, 6) is 1.80. The van der Waals surface area contributed by atoms with Gasteiger partial charge in [0.25, 0.3) is 0 Å². The number of hydrogen-bond donors (Lipinski definition) is 0. The van der Waals surface area contributed by atoms with Crippen LogP contribution in [0, 0.1) is 13.8 Å². The lowest BCUT2D eigenvalue weighted by molar-refractivity contribution is 0.578. The molecule has 1 heteroatoms. The Morgan fingerprint density at radius 1 is 0.577 bits per heavy atom. The first-order chi connectivity index (χ1) is 12.7. The minimum Gasteiger partial charge on any atom is -0.206 e. The molecule has 4 rings (SSSR count). The van der Waals surface area contributed by atoms with Crippen LogP contribution in [0.5, 0.6) is 0 Å². The molecule has 0 bridgehead atoms. The fourth-order valence-electron chi connectivity index (χ4n) is 3.22. The Morgan fingerprint density at radius 3 is 1.77 bits per heavy atom. The van der Waals surface area contributed by atoms with Gasteiger partial charge in [-0.15, -0.1) is 0 Å². The highest BCUT2D eigenvalue weighted by molar-refractivity contribution is 5.78. The average molecular weight is 337 g/mol. The van der Waals surface area contributed by atoms with Crippen LogP contribution in [-0.2, 0) is 0 Å². The third kappa shape index (κ3) is 3.16. The van der Waals surface area contributed by atoms with Gasteiger partial charge in [0.2, 0.25) is 0 Å². The van der Waals surface area contributed by atoms with Gasteiger partial charge in [-0.05, 0) is 43.7 Å². The highest BCUT2D eigenvalue weighted by atomic mass is 16.3. The van der Waals surface area contributed by atoms with Crippen molar-refractivity contribution in [3.8, 4) is 33.8 Å². The van der Waals surface area contributed by atoms with E-state index < -0.39 is 0 Å². The van der Waals surface area contributed by atoms with Crippen molar-refractivity contribution in [2.75, 3.05) is 0 Å². The summed E-state index contributed by atoms with van der Waals surface area (Å²) in [4.78, 5) is 0. The van der Waals surface area contributed by atoms with Crippen LogP contribution in [-0.4, -0.2) is 0 Å². The molecule has 0 aliphatic heterocycles. The topological polar surface area (TPSA) is 11.3 Å². The molecule has 1 heterocycles. The zero-order chi connectivity index (χ0) is 17.9. The molecule has 0 saturated carbocycles. The monoisotopic (exact) mass is 337 g/mol. The minimum absolute atomic E-state index is 0.883. The highest BCUT2D eigenvalue weighted by Gasteiger charge is 2.24. The maximum absolute atomic E-state index is 6.38. The second-order valence-corrected chi connectivity index (χ2v) is 6.58. The van der Waals surface area contributed by atoms with Gasteiger partial charge in [-0.3, -0.25) is 0 Å². The van der Waals surface area contributed by atoms with Gasteiger partial charge in [-0.1, -0.05) is 66.2 Å². The van der Waals surface area contributed by atoms with E-state index in [0.717, 1.165) is 28.2 Å². The quantitative estimate of drug-likeness (QED) is 0.360. The molecule has 0 aliphatic rings. The standard InChI is InChI=1S/C25H21O/c1-18-13-15-21(16-14-18)24-17-23(20-9-5-3-6-10-20)19(2)25(26-24)22-11-7-4-8-12-22/h3-17H,1-2H3/q+1. The third-order valence-corrected chi connectivity index (χ3v) is 4.69. The van der Waals surface area contributed by atoms with Crippen LogP contribution in [0.3, 0.4) is 0 Å². The van der Waals surface area contributed by atoms with Crippen molar-refractivity contribution in [3.63, 3.8) is 0 Å². The first-order valence-electron chi connectivity index (χ1n) is 8.88. The maximum Gasteiger partial charge on any atom is 0.364 e. The molecule has 0 aliphatic carbocycles. The number of benzene rings is 3. The third-order valence-electron chi connectivity index (χ3n) is 4.69. The highest BCUT2D eigenvalue weighted by Crippen LogP contribution is 2.36. The minimum atomic E-state index is 0.883. The summed E-state index contributed by atoms with van der Waals surface area (Å²) in [6.45, 7) is 4.23. The molecule has 0 amide bonds. The van der Waals surface area contributed by atoms with Crippen molar-refractivity contribution in [2.24, 2.45) is 0 Å². The molecule has 26 heavy (non-hydrogen) atoms. The molecule has 1 nitrogen and oxygen atoms in total. The lowest BCUT2D eigenvalue weighted by Gasteiger charge is -2.06. The van der Waals surface area contributed by atoms with Crippen molar-refractivity contribution >= 4 is 0 Å².